The summed E-state index contributed by atoms with van der Waals surface area (Å²) in [5.41, 5.74) is 0. The normalized spacial score (nSPS) is 23.7. The lowest BCUT2D eigenvalue weighted by atomic mass is 10.1. The van der Waals surface area contributed by atoms with E-state index >= 15 is 0 Å². The minimum absolute atomic E-state index is 0. The van der Waals surface area contributed by atoms with Gasteiger partial charge in [0, 0.05) is 40.4 Å². The van der Waals surface area contributed by atoms with E-state index in [0.29, 0.717) is 12.1 Å². The molecule has 7 nitrogen and oxygen atoms in total. The van der Waals surface area contributed by atoms with Gasteiger partial charge in [-0.1, -0.05) is 0 Å². The van der Waals surface area contributed by atoms with Crippen LogP contribution in [0.3, 0.4) is 0 Å². The van der Waals surface area contributed by atoms with Crippen molar-refractivity contribution in [2.24, 2.45) is 4.99 Å². The van der Waals surface area contributed by atoms with Crippen LogP contribution >= 0.6 is 24.0 Å². The van der Waals surface area contributed by atoms with Crippen LogP contribution in [0.1, 0.15) is 44.9 Å². The minimum Gasteiger partial charge on any atom is -0.378 e. The first-order chi connectivity index (χ1) is 12.1. The van der Waals surface area contributed by atoms with Gasteiger partial charge >= 0.3 is 0 Å². The van der Waals surface area contributed by atoms with Gasteiger partial charge in [0.25, 0.3) is 0 Å². The first-order valence-electron chi connectivity index (χ1n) is 9.60. The summed E-state index contributed by atoms with van der Waals surface area (Å²) in [7, 11) is 3.49. The minimum atomic E-state index is -0.00868. The number of halogens is 1. The molecule has 0 spiro atoms. The molecule has 2 rings (SSSR count). The molecular formula is C18H35IN4O3. The standard InChI is InChI=1S/C18H34N4O3.HI/c1-22(2)17(23)14-21-18(20-13-16-8-4-6-12-25-16)19-10-9-15-7-3-5-11-24-15;/h15-16H,3-14H2,1-2H3,(H2,19,20,21);1H. The Kier molecular flexibility index (Phi) is 12.2. The Bertz CT molecular complexity index is 423. The van der Waals surface area contributed by atoms with Gasteiger partial charge in [-0.3, -0.25) is 4.79 Å². The average Bonchev–Trinajstić information content (AvgIpc) is 2.64. The first-order valence-corrected chi connectivity index (χ1v) is 9.60. The molecule has 2 heterocycles. The molecule has 2 atom stereocenters. The van der Waals surface area contributed by atoms with E-state index in [2.05, 4.69) is 15.6 Å². The van der Waals surface area contributed by atoms with E-state index in [9.17, 15) is 4.79 Å². The monoisotopic (exact) mass is 482 g/mol. The lowest BCUT2D eigenvalue weighted by molar-refractivity contribution is -0.127. The number of hydrogen-bond donors (Lipinski definition) is 2. The molecule has 2 aliphatic heterocycles. The van der Waals surface area contributed by atoms with Gasteiger partial charge < -0.3 is 25.0 Å². The molecule has 2 unspecified atom stereocenters. The fraction of sp³-hybridized carbons (Fsp3) is 0.889. The highest BCUT2D eigenvalue weighted by atomic mass is 127. The molecule has 1 amide bonds. The van der Waals surface area contributed by atoms with Gasteiger partial charge in [0.15, 0.2) is 5.96 Å². The van der Waals surface area contributed by atoms with Gasteiger partial charge in [-0.2, -0.15) is 0 Å². The number of carbonyl (C=O) groups excluding carboxylic acids is 1. The number of rotatable bonds is 7. The van der Waals surface area contributed by atoms with E-state index in [4.69, 9.17) is 9.47 Å². The lowest BCUT2D eigenvalue weighted by Gasteiger charge is -2.25. The van der Waals surface area contributed by atoms with E-state index in [1.165, 1.54) is 19.3 Å². The molecule has 26 heavy (non-hydrogen) atoms. The van der Waals surface area contributed by atoms with E-state index in [0.717, 1.165) is 52.0 Å². The number of ether oxygens (including phenoxy) is 2. The molecule has 0 bridgehead atoms. The molecule has 0 aliphatic carbocycles. The van der Waals surface area contributed by atoms with E-state index in [1.54, 1.807) is 19.0 Å². The maximum Gasteiger partial charge on any atom is 0.243 e. The van der Waals surface area contributed by atoms with Crippen LogP contribution < -0.4 is 10.6 Å². The molecule has 2 saturated heterocycles. The molecule has 0 aromatic heterocycles. The topological polar surface area (TPSA) is 75.2 Å². The number of hydrogen-bond acceptors (Lipinski definition) is 4. The number of guanidine groups is 1. The highest BCUT2D eigenvalue weighted by Gasteiger charge is 2.16. The highest BCUT2D eigenvalue weighted by molar-refractivity contribution is 14.0. The van der Waals surface area contributed by atoms with Crippen LogP contribution in [0.2, 0.25) is 0 Å². The summed E-state index contributed by atoms with van der Waals surface area (Å²) in [6, 6.07) is 0. The van der Waals surface area contributed by atoms with Crippen molar-refractivity contribution in [2.45, 2.75) is 57.2 Å². The van der Waals surface area contributed by atoms with Crippen LogP contribution in [0.4, 0.5) is 0 Å². The number of nitrogens with one attached hydrogen (secondary N) is 2. The number of aliphatic imine (C=N–C) groups is 1. The molecule has 152 valence electrons. The highest BCUT2D eigenvalue weighted by Crippen LogP contribution is 2.15. The second kappa shape index (κ2) is 13.5. The molecule has 2 fully saturated rings. The third kappa shape index (κ3) is 9.36. The summed E-state index contributed by atoms with van der Waals surface area (Å²) in [4.78, 5) is 17.8. The summed E-state index contributed by atoms with van der Waals surface area (Å²) in [6.45, 7) is 3.37. The van der Waals surface area contributed by atoms with Crippen molar-refractivity contribution in [3.63, 3.8) is 0 Å². The van der Waals surface area contributed by atoms with Gasteiger partial charge in [0.05, 0.1) is 12.2 Å². The van der Waals surface area contributed by atoms with Crippen molar-refractivity contribution in [3.05, 3.63) is 0 Å². The summed E-state index contributed by atoms with van der Waals surface area (Å²) in [5, 5.41) is 6.66. The molecule has 8 heteroatoms. The van der Waals surface area contributed by atoms with Crippen LogP contribution in [0.15, 0.2) is 4.99 Å². The van der Waals surface area contributed by atoms with E-state index in [1.807, 2.05) is 0 Å². The maximum absolute atomic E-state index is 11.8. The molecule has 0 saturated carbocycles. The average molecular weight is 482 g/mol. The van der Waals surface area contributed by atoms with Crippen molar-refractivity contribution < 1.29 is 14.3 Å². The second-order valence-electron chi connectivity index (χ2n) is 7.03. The molecule has 2 aliphatic rings. The molecule has 0 aromatic rings. The van der Waals surface area contributed by atoms with Gasteiger partial charge in [-0.25, -0.2) is 4.99 Å². The largest absolute Gasteiger partial charge is 0.378 e. The van der Waals surface area contributed by atoms with E-state index < -0.39 is 0 Å². The Balaban J connectivity index is 0.00000338. The first kappa shape index (κ1) is 23.4. The maximum atomic E-state index is 11.8. The van der Waals surface area contributed by atoms with Crippen LogP contribution in [-0.4, -0.2) is 75.9 Å². The van der Waals surface area contributed by atoms with Crippen LogP contribution in [0.5, 0.6) is 0 Å². The van der Waals surface area contributed by atoms with Gasteiger partial charge in [-0.05, 0) is 44.9 Å². The number of nitrogens with zero attached hydrogens (tertiary/aromatic N) is 2. The van der Waals surface area contributed by atoms with Crippen molar-refractivity contribution >= 4 is 35.8 Å². The Hall–Kier alpha value is -0.610. The third-order valence-electron chi connectivity index (χ3n) is 4.68. The third-order valence-corrected chi connectivity index (χ3v) is 4.68. The van der Waals surface area contributed by atoms with Crippen molar-refractivity contribution in [1.29, 1.82) is 0 Å². The fourth-order valence-corrected chi connectivity index (χ4v) is 3.03. The smallest absolute Gasteiger partial charge is 0.243 e. The molecular weight excluding hydrogens is 447 g/mol. The van der Waals surface area contributed by atoms with Gasteiger partial charge in [0.1, 0.15) is 6.54 Å². The Morgan fingerprint density at radius 1 is 1.04 bits per heavy atom. The van der Waals surface area contributed by atoms with Gasteiger partial charge in [0.2, 0.25) is 5.91 Å². The summed E-state index contributed by atoms with van der Waals surface area (Å²) in [6.07, 6.45) is 8.52. The number of likely N-dealkylation sites (N-methyl/N-ethyl adjacent to an activating group) is 1. The zero-order valence-corrected chi connectivity index (χ0v) is 18.5. The second-order valence-corrected chi connectivity index (χ2v) is 7.03. The molecule has 0 aromatic carbocycles. The van der Waals surface area contributed by atoms with Crippen LogP contribution in [0, 0.1) is 0 Å². The lowest BCUT2D eigenvalue weighted by Crippen LogP contribution is -2.44. The molecule has 0 radical (unpaired) electrons. The Morgan fingerprint density at radius 2 is 1.69 bits per heavy atom. The van der Waals surface area contributed by atoms with Crippen molar-refractivity contribution in [3.8, 4) is 0 Å². The summed E-state index contributed by atoms with van der Waals surface area (Å²) >= 11 is 0. The predicted molar refractivity (Wildman–Crippen MR) is 114 cm³/mol. The summed E-state index contributed by atoms with van der Waals surface area (Å²) < 4.78 is 11.5. The van der Waals surface area contributed by atoms with Crippen molar-refractivity contribution in [1.82, 2.24) is 15.5 Å². The number of carbonyl (C=O) groups is 1. The Morgan fingerprint density at radius 3 is 2.27 bits per heavy atom. The molecule has 2 N–H and O–H groups in total. The predicted octanol–water partition coefficient (Wildman–Crippen LogP) is 1.76. The van der Waals surface area contributed by atoms with Crippen LogP contribution in [-0.2, 0) is 14.3 Å². The van der Waals surface area contributed by atoms with Crippen LogP contribution in [0.25, 0.3) is 0 Å². The van der Waals surface area contributed by atoms with E-state index in [-0.39, 0.29) is 42.5 Å². The zero-order chi connectivity index (χ0) is 17.9. The number of amides is 1. The van der Waals surface area contributed by atoms with Gasteiger partial charge in [-0.15, -0.1) is 24.0 Å². The Labute approximate surface area is 174 Å². The van der Waals surface area contributed by atoms with Crippen molar-refractivity contribution in [2.75, 3.05) is 46.9 Å². The zero-order valence-electron chi connectivity index (χ0n) is 16.2. The SMILES string of the molecule is CN(C)C(=O)CN=C(NCCC1CCCCO1)NCC1CCCCO1.I. The summed E-state index contributed by atoms with van der Waals surface area (Å²) in [5.74, 6) is 0.672. The fourth-order valence-electron chi connectivity index (χ4n) is 3.03. The quantitative estimate of drug-likeness (QED) is 0.329.